The van der Waals surface area contributed by atoms with Crippen molar-refractivity contribution in [2.75, 3.05) is 4.90 Å². The molecule has 1 N–H and O–H groups in total. The van der Waals surface area contributed by atoms with E-state index in [4.69, 9.17) is 23.8 Å². The third-order valence-corrected chi connectivity index (χ3v) is 6.13. The molecule has 1 fully saturated rings. The summed E-state index contributed by atoms with van der Waals surface area (Å²) in [5.41, 5.74) is 4.64. The quantitative estimate of drug-likeness (QED) is 0.334. The summed E-state index contributed by atoms with van der Waals surface area (Å²) in [5, 5.41) is 3.14. The second-order valence-corrected chi connectivity index (χ2v) is 8.27. The predicted molar refractivity (Wildman–Crippen MR) is 128 cm³/mol. The van der Waals surface area contributed by atoms with Gasteiger partial charge < -0.3 is 4.57 Å². The van der Waals surface area contributed by atoms with E-state index in [1.165, 1.54) is 29.2 Å². The molecule has 1 aromatic heterocycles. The number of hydrogen-bond donors (Lipinski definition) is 1. The Kier molecular flexibility index (Phi) is 5.71. The molecule has 32 heavy (non-hydrogen) atoms. The summed E-state index contributed by atoms with van der Waals surface area (Å²) in [6, 6.07) is 12.9. The number of thiocarbonyl (C=S) groups is 1. The summed E-state index contributed by atoms with van der Waals surface area (Å²) in [4.78, 5) is 27.0. The number of halogens is 2. The molecule has 0 spiro atoms. The van der Waals surface area contributed by atoms with E-state index in [0.717, 1.165) is 22.6 Å². The fraction of sp³-hybridized carbons (Fsp3) is 0.125. The van der Waals surface area contributed by atoms with Crippen LogP contribution in [0.4, 0.5) is 10.1 Å². The molecule has 162 valence electrons. The second-order valence-electron chi connectivity index (χ2n) is 7.48. The molecule has 0 saturated carbocycles. The van der Waals surface area contributed by atoms with Gasteiger partial charge in [0, 0.05) is 22.1 Å². The fourth-order valence-corrected chi connectivity index (χ4v) is 4.23. The Hall–Kier alpha value is -3.29. The fourth-order valence-electron chi connectivity index (χ4n) is 3.78. The van der Waals surface area contributed by atoms with E-state index in [1.807, 2.05) is 49.6 Å². The molecule has 2 heterocycles. The van der Waals surface area contributed by atoms with E-state index < -0.39 is 17.6 Å². The second kappa shape index (κ2) is 8.33. The normalized spacial score (nSPS) is 15.5. The van der Waals surface area contributed by atoms with Crippen LogP contribution in [0.2, 0.25) is 5.02 Å². The summed E-state index contributed by atoms with van der Waals surface area (Å²) in [6.07, 6.45) is 1.55. The summed E-state index contributed by atoms with van der Waals surface area (Å²) >= 11 is 11.5. The third-order valence-electron chi connectivity index (χ3n) is 5.44. The van der Waals surface area contributed by atoms with Gasteiger partial charge in [-0.05, 0) is 92.7 Å². The lowest BCUT2D eigenvalue weighted by Crippen LogP contribution is -2.54. The molecular formula is C24H19ClFN3O2S. The molecule has 0 bridgehead atoms. The van der Waals surface area contributed by atoms with Crippen molar-refractivity contribution >= 4 is 52.5 Å². The summed E-state index contributed by atoms with van der Waals surface area (Å²) in [7, 11) is 0. The zero-order valence-corrected chi connectivity index (χ0v) is 19.1. The Bertz CT molecular complexity index is 1310. The van der Waals surface area contributed by atoms with Crippen molar-refractivity contribution in [1.82, 2.24) is 9.88 Å². The Balaban J connectivity index is 1.78. The minimum atomic E-state index is -0.581. The van der Waals surface area contributed by atoms with Gasteiger partial charge in [0.2, 0.25) is 0 Å². The number of aryl methyl sites for hydroxylation is 1. The van der Waals surface area contributed by atoms with Crippen LogP contribution >= 0.6 is 23.8 Å². The monoisotopic (exact) mass is 467 g/mol. The van der Waals surface area contributed by atoms with Crippen molar-refractivity contribution in [2.45, 2.75) is 20.8 Å². The number of nitrogens with one attached hydrogen (secondary N) is 1. The molecule has 0 aliphatic carbocycles. The highest BCUT2D eigenvalue weighted by molar-refractivity contribution is 7.80. The van der Waals surface area contributed by atoms with Gasteiger partial charge >= 0.3 is 0 Å². The van der Waals surface area contributed by atoms with Crippen molar-refractivity contribution in [1.29, 1.82) is 0 Å². The Morgan fingerprint density at radius 3 is 2.44 bits per heavy atom. The first-order valence-corrected chi connectivity index (χ1v) is 10.6. The number of anilines is 1. The highest BCUT2D eigenvalue weighted by Crippen LogP contribution is 2.29. The molecule has 3 aromatic rings. The Labute approximate surface area is 195 Å². The smallest absolute Gasteiger partial charge is 0.270 e. The molecule has 2 aromatic carbocycles. The molecule has 1 saturated heterocycles. The van der Waals surface area contributed by atoms with Gasteiger partial charge in [-0.3, -0.25) is 19.8 Å². The molecule has 1 aliphatic rings. The molecule has 5 nitrogen and oxygen atoms in total. The molecular weight excluding hydrogens is 449 g/mol. The number of aromatic nitrogens is 1. The molecule has 0 radical (unpaired) electrons. The van der Waals surface area contributed by atoms with Gasteiger partial charge in [-0.2, -0.15) is 0 Å². The van der Waals surface area contributed by atoms with Crippen LogP contribution in [-0.4, -0.2) is 21.5 Å². The summed E-state index contributed by atoms with van der Waals surface area (Å²) in [6.45, 7) is 5.79. The van der Waals surface area contributed by atoms with Crippen LogP contribution in [0.15, 0.2) is 54.1 Å². The van der Waals surface area contributed by atoms with Crippen molar-refractivity contribution in [3.8, 4) is 5.69 Å². The average molecular weight is 468 g/mol. The first-order chi connectivity index (χ1) is 15.2. The number of amides is 2. The topological polar surface area (TPSA) is 54.3 Å². The zero-order chi connectivity index (χ0) is 23.2. The zero-order valence-electron chi connectivity index (χ0n) is 17.6. The minimum Gasteiger partial charge on any atom is -0.318 e. The highest BCUT2D eigenvalue weighted by Gasteiger charge is 2.34. The highest BCUT2D eigenvalue weighted by atomic mass is 35.5. The lowest BCUT2D eigenvalue weighted by atomic mass is 10.1. The lowest BCUT2D eigenvalue weighted by Gasteiger charge is -2.28. The van der Waals surface area contributed by atoms with E-state index in [0.29, 0.717) is 16.3 Å². The largest absolute Gasteiger partial charge is 0.318 e. The van der Waals surface area contributed by atoms with E-state index >= 15 is 0 Å². The van der Waals surface area contributed by atoms with Crippen LogP contribution in [0.25, 0.3) is 11.8 Å². The Morgan fingerprint density at radius 1 is 1.06 bits per heavy atom. The van der Waals surface area contributed by atoms with Gasteiger partial charge in [0.1, 0.15) is 11.4 Å². The van der Waals surface area contributed by atoms with Crippen LogP contribution in [0, 0.1) is 26.6 Å². The predicted octanol–water partition coefficient (Wildman–Crippen LogP) is 5.03. The number of nitrogens with zero attached hydrogens (tertiary/aromatic N) is 2. The van der Waals surface area contributed by atoms with Crippen molar-refractivity contribution in [3.63, 3.8) is 0 Å². The average Bonchev–Trinajstić information content (AvgIpc) is 3.01. The maximum Gasteiger partial charge on any atom is 0.270 e. The third kappa shape index (κ3) is 3.74. The van der Waals surface area contributed by atoms with E-state index in [-0.39, 0.29) is 10.7 Å². The van der Waals surface area contributed by atoms with Gasteiger partial charge in [0.05, 0.1) is 5.69 Å². The Morgan fingerprint density at radius 2 is 1.75 bits per heavy atom. The van der Waals surface area contributed by atoms with Gasteiger partial charge in [-0.15, -0.1) is 0 Å². The van der Waals surface area contributed by atoms with Crippen LogP contribution < -0.4 is 10.2 Å². The van der Waals surface area contributed by atoms with Crippen LogP contribution in [0.1, 0.15) is 22.5 Å². The molecule has 0 atom stereocenters. The molecule has 0 unspecified atom stereocenters. The number of hydrogen-bond acceptors (Lipinski definition) is 3. The summed E-state index contributed by atoms with van der Waals surface area (Å²) < 4.78 is 15.4. The molecule has 1 aliphatic heterocycles. The van der Waals surface area contributed by atoms with Crippen molar-refractivity contribution < 1.29 is 14.0 Å². The number of carbonyl (C=O) groups is 2. The molecule has 8 heteroatoms. The van der Waals surface area contributed by atoms with E-state index in [2.05, 4.69) is 5.32 Å². The molecule has 4 rings (SSSR count). The van der Waals surface area contributed by atoms with Gasteiger partial charge in [0.25, 0.3) is 11.8 Å². The first-order valence-electron chi connectivity index (χ1n) is 9.80. The van der Waals surface area contributed by atoms with Crippen LogP contribution in [0.3, 0.4) is 0 Å². The maximum absolute atomic E-state index is 13.3. The lowest BCUT2D eigenvalue weighted by molar-refractivity contribution is -0.122. The first kappa shape index (κ1) is 21.9. The SMILES string of the molecule is Cc1c(Cl)cccc1-n1c(C)cc(/C=C2/C(=O)NC(=S)N(c3ccc(F)cc3)C2=O)c1C. The van der Waals surface area contributed by atoms with Gasteiger partial charge in [-0.25, -0.2) is 4.39 Å². The maximum atomic E-state index is 13.3. The van der Waals surface area contributed by atoms with Gasteiger partial charge in [-0.1, -0.05) is 17.7 Å². The number of rotatable bonds is 3. The summed E-state index contributed by atoms with van der Waals surface area (Å²) in [5.74, 6) is -1.59. The van der Waals surface area contributed by atoms with E-state index in [1.54, 1.807) is 6.08 Å². The van der Waals surface area contributed by atoms with Crippen LogP contribution in [-0.2, 0) is 9.59 Å². The minimum absolute atomic E-state index is 0.0521. The van der Waals surface area contributed by atoms with Gasteiger partial charge in [0.15, 0.2) is 5.11 Å². The standard InChI is InChI=1S/C24H19ClFN3O2S/c1-13-11-16(15(3)28(13)21-6-4-5-20(25)14(21)2)12-19-22(30)27-24(32)29(23(19)31)18-9-7-17(26)8-10-18/h4-12H,1-3H3,(H,27,30,32)/b19-12-. The van der Waals surface area contributed by atoms with Crippen molar-refractivity contribution in [2.24, 2.45) is 0 Å². The van der Waals surface area contributed by atoms with Crippen molar-refractivity contribution in [3.05, 3.63) is 87.5 Å². The van der Waals surface area contributed by atoms with Crippen LogP contribution in [0.5, 0.6) is 0 Å². The molecule has 2 amide bonds. The van der Waals surface area contributed by atoms with E-state index in [9.17, 15) is 14.0 Å². The number of carbonyl (C=O) groups excluding carboxylic acids is 2. The number of benzene rings is 2.